The van der Waals surface area contributed by atoms with Gasteiger partial charge in [0.15, 0.2) is 5.82 Å². The van der Waals surface area contributed by atoms with Crippen LogP contribution in [0, 0.1) is 5.82 Å². The summed E-state index contributed by atoms with van der Waals surface area (Å²) in [7, 11) is 1.33. The van der Waals surface area contributed by atoms with E-state index in [1.165, 1.54) is 31.3 Å². The Balaban J connectivity index is 1.65. The Hall–Kier alpha value is -3.70. The topological polar surface area (TPSA) is 122 Å². The Morgan fingerprint density at radius 1 is 1.09 bits per heavy atom. The summed E-state index contributed by atoms with van der Waals surface area (Å²) in [5.74, 6) is -2.75. The van der Waals surface area contributed by atoms with E-state index in [0.29, 0.717) is 11.1 Å². The van der Waals surface area contributed by atoms with Crippen LogP contribution in [0.15, 0.2) is 69.1 Å². The molecule has 0 bridgehead atoms. The van der Waals surface area contributed by atoms with E-state index < -0.39 is 45.4 Å². The van der Waals surface area contributed by atoms with Gasteiger partial charge in [-0.05, 0) is 23.3 Å². The van der Waals surface area contributed by atoms with E-state index in [-0.39, 0.29) is 23.9 Å². The molecule has 0 spiro atoms. The summed E-state index contributed by atoms with van der Waals surface area (Å²) in [6.07, 6.45) is 0. The lowest BCUT2D eigenvalue weighted by Crippen LogP contribution is -2.52. The Bertz CT molecular complexity index is 1340. The van der Waals surface area contributed by atoms with Crippen LogP contribution in [0.4, 0.5) is 10.2 Å². The second-order valence-corrected chi connectivity index (χ2v) is 8.77. The predicted molar refractivity (Wildman–Crippen MR) is 117 cm³/mol. The number of aromatic nitrogens is 2. The maximum atomic E-state index is 13.2. The monoisotopic (exact) mass is 471 g/mol. The van der Waals surface area contributed by atoms with E-state index in [4.69, 9.17) is 4.74 Å². The zero-order chi connectivity index (χ0) is 23.7. The van der Waals surface area contributed by atoms with Crippen molar-refractivity contribution in [3.8, 4) is 0 Å². The molecule has 3 aromatic rings. The number of nitrogens with zero attached hydrogens (tertiary/aromatic N) is 2. The summed E-state index contributed by atoms with van der Waals surface area (Å²) in [5.41, 5.74) is -0.457. The van der Waals surface area contributed by atoms with Crippen LogP contribution in [-0.4, -0.2) is 30.8 Å². The highest BCUT2D eigenvalue weighted by Crippen LogP contribution is 2.27. The molecule has 1 aromatic heterocycles. The van der Waals surface area contributed by atoms with Crippen LogP contribution in [0.5, 0.6) is 0 Å². The molecule has 4 rings (SSSR count). The third-order valence-corrected chi connectivity index (χ3v) is 6.70. The lowest BCUT2D eigenvalue weighted by Gasteiger charge is -2.26. The number of hydrogen-bond donors (Lipinski definition) is 1. The first kappa shape index (κ1) is 22.5. The van der Waals surface area contributed by atoms with E-state index in [9.17, 15) is 28.1 Å². The third kappa shape index (κ3) is 4.32. The van der Waals surface area contributed by atoms with Crippen molar-refractivity contribution in [1.29, 1.82) is 0 Å². The van der Waals surface area contributed by atoms with E-state index in [1.54, 1.807) is 30.3 Å². The standard InChI is InChI=1S/C22H18FN3O6S/c1-25-18-16(20(28)26(22(25)30)11-13-5-3-2-4-6-13)33(31)17(19(27)24-18)21(29)32-12-14-7-9-15(23)10-8-14/h2-10,17H,11-12H2,1H3,(H,24,27). The first-order valence-electron chi connectivity index (χ1n) is 9.78. The maximum absolute atomic E-state index is 13.2. The van der Waals surface area contributed by atoms with Gasteiger partial charge in [-0.1, -0.05) is 42.5 Å². The molecule has 0 radical (unpaired) electrons. The largest absolute Gasteiger partial charge is 0.610 e. The molecule has 0 saturated carbocycles. The van der Waals surface area contributed by atoms with E-state index in [2.05, 4.69) is 5.32 Å². The SMILES string of the molecule is Cn1c2c(c(=O)n(Cc3ccccc3)c1=O)[S+]([O-])C(C(=O)OCc1ccc(F)cc1)C(=O)N2. The molecule has 1 aliphatic rings. The van der Waals surface area contributed by atoms with Gasteiger partial charge in [0.1, 0.15) is 12.4 Å². The number of carbonyl (C=O) groups is 2. The number of hydrogen-bond acceptors (Lipinski definition) is 6. The molecule has 33 heavy (non-hydrogen) atoms. The molecule has 9 nitrogen and oxygen atoms in total. The number of anilines is 1. The van der Waals surface area contributed by atoms with Crippen molar-refractivity contribution in [2.24, 2.45) is 7.05 Å². The zero-order valence-corrected chi connectivity index (χ0v) is 18.1. The van der Waals surface area contributed by atoms with E-state index >= 15 is 0 Å². The first-order valence-corrected chi connectivity index (χ1v) is 11.0. The Morgan fingerprint density at radius 2 is 1.76 bits per heavy atom. The zero-order valence-electron chi connectivity index (χ0n) is 17.3. The van der Waals surface area contributed by atoms with Gasteiger partial charge in [0.25, 0.3) is 16.1 Å². The molecule has 2 unspecified atom stereocenters. The van der Waals surface area contributed by atoms with E-state index in [0.717, 1.165) is 9.13 Å². The highest BCUT2D eigenvalue weighted by molar-refractivity contribution is 7.93. The molecule has 0 fully saturated rings. The molecule has 2 heterocycles. The fraction of sp³-hybridized carbons (Fsp3) is 0.182. The Kier molecular flexibility index (Phi) is 6.16. The van der Waals surface area contributed by atoms with Gasteiger partial charge in [0.2, 0.25) is 0 Å². The van der Waals surface area contributed by atoms with Crippen molar-refractivity contribution in [3.05, 3.63) is 92.4 Å². The molecule has 1 aliphatic heterocycles. The summed E-state index contributed by atoms with van der Waals surface area (Å²) in [6, 6.07) is 13.9. The van der Waals surface area contributed by atoms with Gasteiger partial charge in [-0.2, -0.15) is 0 Å². The number of halogens is 1. The minimum atomic E-state index is -2.41. The second-order valence-electron chi connectivity index (χ2n) is 7.30. The third-order valence-electron chi connectivity index (χ3n) is 5.09. The highest BCUT2D eigenvalue weighted by atomic mass is 32.2. The Labute approximate surface area is 189 Å². The number of esters is 1. The molecule has 170 valence electrons. The molecule has 11 heteroatoms. The van der Waals surface area contributed by atoms with Crippen LogP contribution >= 0.6 is 0 Å². The molecule has 0 saturated heterocycles. The Morgan fingerprint density at radius 3 is 2.42 bits per heavy atom. The molecular weight excluding hydrogens is 453 g/mol. The van der Waals surface area contributed by atoms with Crippen LogP contribution in [-0.2, 0) is 45.7 Å². The quantitative estimate of drug-likeness (QED) is 0.335. The number of carbonyl (C=O) groups excluding carboxylic acids is 2. The smallest absolute Gasteiger partial charge is 0.370 e. The number of nitrogens with one attached hydrogen (secondary N) is 1. The average Bonchev–Trinajstić information content (AvgIpc) is 2.80. The summed E-state index contributed by atoms with van der Waals surface area (Å²) < 4.78 is 33.2. The van der Waals surface area contributed by atoms with Crippen LogP contribution < -0.4 is 16.6 Å². The number of ether oxygens (including phenoxy) is 1. The van der Waals surface area contributed by atoms with Crippen molar-refractivity contribution in [3.63, 3.8) is 0 Å². The second kappa shape index (κ2) is 9.04. The minimum Gasteiger partial charge on any atom is -0.610 e. The van der Waals surface area contributed by atoms with Crippen LogP contribution in [0.2, 0.25) is 0 Å². The number of benzene rings is 2. The molecule has 2 aromatic carbocycles. The summed E-state index contributed by atoms with van der Waals surface area (Å²) >= 11 is -2.41. The summed E-state index contributed by atoms with van der Waals surface area (Å²) in [4.78, 5) is 50.6. The van der Waals surface area contributed by atoms with Gasteiger partial charge >= 0.3 is 17.2 Å². The van der Waals surface area contributed by atoms with Crippen LogP contribution in [0.1, 0.15) is 11.1 Å². The maximum Gasteiger partial charge on any atom is 0.370 e. The average molecular weight is 471 g/mol. The van der Waals surface area contributed by atoms with Gasteiger partial charge in [-0.25, -0.2) is 14.0 Å². The predicted octanol–water partition coefficient (Wildman–Crippen LogP) is 0.906. The lowest BCUT2D eigenvalue weighted by atomic mass is 10.2. The fourth-order valence-corrected chi connectivity index (χ4v) is 4.76. The lowest BCUT2D eigenvalue weighted by molar-refractivity contribution is -0.146. The van der Waals surface area contributed by atoms with Crippen LogP contribution in [0.3, 0.4) is 0 Å². The van der Waals surface area contributed by atoms with Gasteiger partial charge in [-0.15, -0.1) is 0 Å². The van der Waals surface area contributed by atoms with Gasteiger partial charge in [0, 0.05) is 18.2 Å². The molecule has 2 atom stereocenters. The number of fused-ring (bicyclic) bond motifs is 1. The van der Waals surface area contributed by atoms with Crippen molar-refractivity contribution in [2.75, 3.05) is 5.32 Å². The van der Waals surface area contributed by atoms with Crippen molar-refractivity contribution < 1.29 is 23.3 Å². The molecule has 1 N–H and O–H groups in total. The van der Waals surface area contributed by atoms with E-state index in [1.807, 2.05) is 0 Å². The van der Waals surface area contributed by atoms with Crippen molar-refractivity contribution in [2.45, 2.75) is 23.3 Å². The van der Waals surface area contributed by atoms with Crippen LogP contribution in [0.25, 0.3) is 0 Å². The summed E-state index contributed by atoms with van der Waals surface area (Å²) in [5, 5.41) is 0.537. The fourth-order valence-electron chi connectivity index (χ4n) is 3.37. The van der Waals surface area contributed by atoms with Gasteiger partial charge < -0.3 is 14.6 Å². The van der Waals surface area contributed by atoms with Crippen molar-refractivity contribution >= 4 is 28.9 Å². The molecule has 0 aliphatic carbocycles. The first-order chi connectivity index (χ1) is 15.8. The number of rotatable bonds is 5. The molecular formula is C22H18FN3O6S. The van der Waals surface area contributed by atoms with Gasteiger partial charge in [-0.3, -0.25) is 18.7 Å². The van der Waals surface area contributed by atoms with Gasteiger partial charge in [0.05, 0.1) is 6.54 Å². The minimum absolute atomic E-state index is 0.0789. The number of amides is 1. The molecule has 1 amide bonds. The highest BCUT2D eigenvalue weighted by Gasteiger charge is 2.49. The summed E-state index contributed by atoms with van der Waals surface area (Å²) in [6.45, 7) is -0.358. The normalized spacial score (nSPS) is 17.2. The van der Waals surface area contributed by atoms with Crippen molar-refractivity contribution in [1.82, 2.24) is 9.13 Å².